The van der Waals surface area contributed by atoms with Gasteiger partial charge in [-0.25, -0.2) is 0 Å². The summed E-state index contributed by atoms with van der Waals surface area (Å²) in [4.78, 5) is 23.7. The SMILES string of the molecule is CC[C@@]1(CO[Si](c2ccccc2)(c2ccccc2)C(C)(C)C)OC(OC(C)=O)[C@H](OC(C)=O)[C@@H]1O[PH-]. The van der Waals surface area contributed by atoms with Crippen LogP contribution in [0.3, 0.4) is 0 Å². The van der Waals surface area contributed by atoms with Gasteiger partial charge in [0.15, 0.2) is 6.10 Å². The molecule has 0 amide bonds. The zero-order valence-corrected chi connectivity index (χ0v) is 23.8. The van der Waals surface area contributed by atoms with Crippen LogP contribution in [-0.2, 0) is 32.7 Å². The van der Waals surface area contributed by atoms with Crippen molar-refractivity contribution in [3.05, 3.63) is 60.7 Å². The van der Waals surface area contributed by atoms with Gasteiger partial charge in [-0.2, -0.15) is 0 Å². The molecule has 1 aliphatic heterocycles. The Hall–Kier alpha value is -2.09. The van der Waals surface area contributed by atoms with E-state index in [1.807, 2.05) is 43.3 Å². The molecule has 36 heavy (non-hydrogen) atoms. The molecule has 9 heteroatoms. The highest BCUT2D eigenvalue weighted by Gasteiger charge is 2.59. The average molecular weight is 532 g/mol. The van der Waals surface area contributed by atoms with Gasteiger partial charge in [0.1, 0.15) is 5.60 Å². The summed E-state index contributed by atoms with van der Waals surface area (Å²) in [6, 6.07) is 20.5. The molecule has 1 aliphatic rings. The van der Waals surface area contributed by atoms with E-state index < -0.39 is 44.4 Å². The number of benzene rings is 2. The maximum atomic E-state index is 11.9. The van der Waals surface area contributed by atoms with E-state index in [0.717, 1.165) is 10.4 Å². The molecule has 0 radical (unpaired) electrons. The Labute approximate surface area is 217 Å². The highest BCUT2D eigenvalue weighted by Crippen LogP contribution is 2.43. The Morgan fingerprint density at radius 3 is 1.83 bits per heavy atom. The molecule has 0 N–H and O–H groups in total. The van der Waals surface area contributed by atoms with Crippen molar-refractivity contribution >= 4 is 40.1 Å². The van der Waals surface area contributed by atoms with E-state index in [9.17, 15) is 9.59 Å². The van der Waals surface area contributed by atoms with Crippen LogP contribution in [0, 0.1) is 0 Å². The van der Waals surface area contributed by atoms with Crippen LogP contribution in [0.5, 0.6) is 0 Å². The zero-order chi connectivity index (χ0) is 26.6. The molecule has 1 fully saturated rings. The molecule has 0 aromatic heterocycles. The second kappa shape index (κ2) is 11.5. The first kappa shape index (κ1) is 28.5. The molecule has 1 saturated heterocycles. The first-order valence-corrected chi connectivity index (χ1v) is 14.4. The number of carbonyl (C=O) groups excluding carboxylic acids is 2. The number of esters is 2. The monoisotopic (exact) mass is 531 g/mol. The average Bonchev–Trinajstić information content (AvgIpc) is 3.11. The molecule has 0 aliphatic carbocycles. The minimum absolute atomic E-state index is 0.126. The molecule has 0 spiro atoms. The van der Waals surface area contributed by atoms with Gasteiger partial charge < -0.3 is 32.6 Å². The van der Waals surface area contributed by atoms with Crippen LogP contribution >= 0.6 is 9.47 Å². The fraction of sp³-hybridized carbons (Fsp3) is 0.481. The summed E-state index contributed by atoms with van der Waals surface area (Å²) in [7, 11) is 0.271. The largest absolute Gasteiger partial charge is 0.554 e. The van der Waals surface area contributed by atoms with Crippen molar-refractivity contribution in [1.29, 1.82) is 0 Å². The van der Waals surface area contributed by atoms with E-state index in [2.05, 4.69) is 54.5 Å². The van der Waals surface area contributed by atoms with Crippen molar-refractivity contribution < 1.29 is 32.7 Å². The van der Waals surface area contributed by atoms with Crippen LogP contribution in [0.25, 0.3) is 0 Å². The Morgan fingerprint density at radius 1 is 0.944 bits per heavy atom. The molecule has 1 heterocycles. The molecular formula is C27H36O7PSi-. The molecule has 0 bridgehead atoms. The number of carbonyl (C=O) groups is 2. The maximum Gasteiger partial charge on any atom is 0.305 e. The maximum absolute atomic E-state index is 11.9. The van der Waals surface area contributed by atoms with Crippen LogP contribution < -0.4 is 10.4 Å². The van der Waals surface area contributed by atoms with Gasteiger partial charge in [0, 0.05) is 13.8 Å². The summed E-state index contributed by atoms with van der Waals surface area (Å²) >= 11 is 0. The molecule has 2 aromatic rings. The number of hydrogen-bond donors (Lipinski definition) is 0. The van der Waals surface area contributed by atoms with Crippen molar-refractivity contribution in [3.8, 4) is 0 Å². The number of rotatable bonds is 9. The van der Waals surface area contributed by atoms with Crippen LogP contribution in [0.1, 0.15) is 48.0 Å². The van der Waals surface area contributed by atoms with Crippen molar-refractivity contribution in [2.24, 2.45) is 0 Å². The molecule has 2 aromatic carbocycles. The van der Waals surface area contributed by atoms with Crippen LogP contribution in [0.4, 0.5) is 0 Å². The Kier molecular flexibility index (Phi) is 9.12. The summed E-state index contributed by atoms with van der Waals surface area (Å²) in [6.45, 7) is 11.2. The predicted octanol–water partition coefficient (Wildman–Crippen LogP) is 4.01. The first-order chi connectivity index (χ1) is 17.0. The third kappa shape index (κ3) is 5.58. The molecule has 3 rings (SSSR count). The Balaban J connectivity index is 2.10. The van der Waals surface area contributed by atoms with E-state index in [0.29, 0.717) is 6.42 Å². The highest BCUT2D eigenvalue weighted by atomic mass is 31.0. The van der Waals surface area contributed by atoms with E-state index in [1.165, 1.54) is 13.8 Å². The van der Waals surface area contributed by atoms with Gasteiger partial charge in [-0.05, 0) is 21.8 Å². The van der Waals surface area contributed by atoms with Gasteiger partial charge in [-0.15, -0.1) is 0 Å². The van der Waals surface area contributed by atoms with E-state index >= 15 is 0 Å². The standard InChI is InChI=1S/C27H36O7PSi/c1-7-27(24(34-35)23(31-19(2)28)25(33-27)32-20(3)29)18-30-36(26(4,5)6,21-14-10-8-11-15-21)22-16-12-9-13-17-22/h8-17,23-25,35H,7,18H2,1-6H3/q-1/t23-,24+,25?,27+/m1/s1. The van der Waals surface area contributed by atoms with Gasteiger partial charge in [0.2, 0.25) is 6.29 Å². The second-order valence-corrected chi connectivity index (χ2v) is 14.6. The topological polar surface area (TPSA) is 80.3 Å². The first-order valence-electron chi connectivity index (χ1n) is 12.1. The molecule has 1 unspecified atom stereocenters. The molecular weight excluding hydrogens is 495 g/mol. The summed E-state index contributed by atoms with van der Waals surface area (Å²) in [5.74, 6) is -1.08. The molecule has 0 saturated carbocycles. The molecule has 7 nitrogen and oxygen atoms in total. The van der Waals surface area contributed by atoms with Crippen molar-refractivity contribution in [1.82, 2.24) is 0 Å². The highest BCUT2D eigenvalue weighted by molar-refractivity contribution is 7.09. The zero-order valence-electron chi connectivity index (χ0n) is 21.8. The van der Waals surface area contributed by atoms with Crippen molar-refractivity contribution in [2.75, 3.05) is 6.61 Å². The summed E-state index contributed by atoms with van der Waals surface area (Å²) < 4.78 is 30.0. The quantitative estimate of drug-likeness (QED) is 0.275. The third-order valence-electron chi connectivity index (χ3n) is 6.70. The minimum atomic E-state index is -2.90. The summed E-state index contributed by atoms with van der Waals surface area (Å²) in [5.41, 5.74) is -1.06. The predicted molar refractivity (Wildman–Crippen MR) is 142 cm³/mol. The van der Waals surface area contributed by atoms with Crippen LogP contribution in [0.2, 0.25) is 5.04 Å². The third-order valence-corrected chi connectivity index (χ3v) is 11.9. The summed E-state index contributed by atoms with van der Waals surface area (Å²) in [6.07, 6.45) is -2.43. The lowest BCUT2D eigenvalue weighted by Gasteiger charge is -2.46. The molecule has 196 valence electrons. The van der Waals surface area contributed by atoms with E-state index in [1.54, 1.807) is 0 Å². The number of hydrogen-bond acceptors (Lipinski definition) is 7. The van der Waals surface area contributed by atoms with Gasteiger partial charge in [-0.3, -0.25) is 9.59 Å². The minimum Gasteiger partial charge on any atom is -0.554 e. The van der Waals surface area contributed by atoms with Crippen LogP contribution in [-0.4, -0.2) is 51.0 Å². The van der Waals surface area contributed by atoms with Crippen molar-refractivity contribution in [3.63, 3.8) is 0 Å². The lowest BCUT2D eigenvalue weighted by atomic mass is 9.93. The van der Waals surface area contributed by atoms with E-state index in [4.69, 9.17) is 23.2 Å². The second-order valence-electron chi connectivity index (χ2n) is 10.1. The fourth-order valence-corrected chi connectivity index (χ4v) is 10.0. The van der Waals surface area contributed by atoms with Gasteiger partial charge in [0.25, 0.3) is 8.32 Å². The van der Waals surface area contributed by atoms with Gasteiger partial charge >= 0.3 is 11.9 Å². The van der Waals surface area contributed by atoms with Crippen molar-refractivity contribution in [2.45, 2.75) is 77.1 Å². The Morgan fingerprint density at radius 2 is 1.44 bits per heavy atom. The van der Waals surface area contributed by atoms with Gasteiger partial charge in [-0.1, -0.05) is 88.4 Å². The lowest BCUT2D eigenvalue weighted by molar-refractivity contribution is -0.208. The van der Waals surface area contributed by atoms with Crippen LogP contribution in [0.15, 0.2) is 60.7 Å². The number of ether oxygens (including phenoxy) is 3. The van der Waals surface area contributed by atoms with E-state index in [-0.39, 0.29) is 11.6 Å². The smallest absolute Gasteiger partial charge is 0.305 e. The normalized spacial score (nSPS) is 24.4. The lowest BCUT2D eigenvalue weighted by Crippen LogP contribution is -2.68. The Bertz CT molecular complexity index is 988. The molecule has 4 atom stereocenters. The van der Waals surface area contributed by atoms with Gasteiger partial charge in [0.05, 0.1) is 12.7 Å². The summed E-state index contributed by atoms with van der Waals surface area (Å²) in [5, 5.41) is 1.99. The fourth-order valence-electron chi connectivity index (χ4n) is 5.04.